The fourth-order valence-electron chi connectivity index (χ4n) is 3.35. The molecule has 0 aliphatic carbocycles. The molecule has 2 aromatic carbocycles. The highest BCUT2D eigenvalue weighted by atomic mass is 35.5. The molecule has 6 nitrogen and oxygen atoms in total. The van der Waals surface area contributed by atoms with Gasteiger partial charge in [-0.25, -0.2) is 4.79 Å². The molecule has 7 heteroatoms. The number of halogens is 1. The predicted octanol–water partition coefficient (Wildman–Crippen LogP) is 5.35. The minimum absolute atomic E-state index is 0.321. The molecule has 0 bridgehead atoms. The fraction of sp³-hybridized carbons (Fsp3) is 0.227. The number of aromatic nitrogens is 2. The monoisotopic (exact) mass is 407 g/mol. The fourth-order valence-corrected chi connectivity index (χ4v) is 3.52. The lowest BCUT2D eigenvalue weighted by Gasteiger charge is -2.15. The number of benzene rings is 2. The van der Waals surface area contributed by atoms with Crippen molar-refractivity contribution in [1.29, 1.82) is 0 Å². The minimum atomic E-state index is -0.321. The van der Waals surface area contributed by atoms with Gasteiger partial charge in [0.25, 0.3) is 0 Å². The van der Waals surface area contributed by atoms with Gasteiger partial charge in [-0.05, 0) is 61.7 Å². The Kier molecular flexibility index (Phi) is 5.62. The van der Waals surface area contributed by atoms with Crippen molar-refractivity contribution in [2.75, 3.05) is 28.6 Å². The summed E-state index contributed by atoms with van der Waals surface area (Å²) >= 11 is 6.09. The van der Waals surface area contributed by atoms with Crippen LogP contribution in [0.15, 0.2) is 54.6 Å². The van der Waals surface area contributed by atoms with E-state index in [0.717, 1.165) is 35.7 Å². The van der Waals surface area contributed by atoms with Gasteiger partial charge in [-0.1, -0.05) is 29.8 Å². The first-order chi connectivity index (χ1) is 14.1. The van der Waals surface area contributed by atoms with Crippen LogP contribution in [0.1, 0.15) is 18.4 Å². The van der Waals surface area contributed by atoms with Gasteiger partial charge in [-0.3, -0.25) is 0 Å². The number of rotatable bonds is 4. The number of nitrogens with one attached hydrogen (secondary N) is 2. The predicted molar refractivity (Wildman–Crippen MR) is 118 cm³/mol. The lowest BCUT2D eigenvalue weighted by molar-refractivity contribution is 0.262. The lowest BCUT2D eigenvalue weighted by Crippen LogP contribution is -2.20. The number of nitrogens with zero attached hydrogens (tertiary/aromatic N) is 3. The summed E-state index contributed by atoms with van der Waals surface area (Å²) < 4.78 is 0. The molecule has 148 valence electrons. The van der Waals surface area contributed by atoms with E-state index in [1.807, 2.05) is 49.4 Å². The summed E-state index contributed by atoms with van der Waals surface area (Å²) in [5, 5.41) is 15.0. The molecule has 0 atom stereocenters. The molecule has 0 unspecified atom stereocenters. The molecule has 0 spiro atoms. The van der Waals surface area contributed by atoms with Crippen LogP contribution in [0.25, 0.3) is 11.3 Å². The molecule has 1 fully saturated rings. The van der Waals surface area contributed by atoms with Gasteiger partial charge >= 0.3 is 6.03 Å². The maximum absolute atomic E-state index is 12.3. The lowest BCUT2D eigenvalue weighted by atomic mass is 10.1. The summed E-state index contributed by atoms with van der Waals surface area (Å²) in [6.45, 7) is 3.96. The van der Waals surface area contributed by atoms with Crippen molar-refractivity contribution >= 4 is 34.8 Å². The first kappa shape index (κ1) is 19.2. The van der Waals surface area contributed by atoms with Crippen molar-refractivity contribution in [1.82, 2.24) is 10.2 Å². The van der Waals surface area contributed by atoms with Gasteiger partial charge in [0.15, 0.2) is 5.82 Å². The molecule has 2 heterocycles. The summed E-state index contributed by atoms with van der Waals surface area (Å²) in [4.78, 5) is 14.5. The molecule has 2 N–H and O–H groups in total. The standard InChI is InChI=1S/C22H22ClN5O/c1-15-18(23)5-4-6-19(15)25-22(29)24-17-9-7-16(8-10-17)20-11-12-21(27-26-20)28-13-2-3-14-28/h4-12H,2-3,13-14H2,1H3,(H2,24,25,29). The zero-order chi connectivity index (χ0) is 20.2. The van der Waals surface area contributed by atoms with Gasteiger partial charge in [0.05, 0.1) is 5.69 Å². The van der Waals surface area contributed by atoms with Gasteiger partial charge < -0.3 is 15.5 Å². The second-order valence-electron chi connectivity index (χ2n) is 7.04. The maximum atomic E-state index is 12.3. The highest BCUT2D eigenvalue weighted by Crippen LogP contribution is 2.24. The van der Waals surface area contributed by atoms with Crippen molar-refractivity contribution in [3.8, 4) is 11.3 Å². The molecule has 1 aliphatic rings. The average molecular weight is 408 g/mol. The summed E-state index contributed by atoms with van der Waals surface area (Å²) in [6, 6.07) is 16.6. The molecule has 29 heavy (non-hydrogen) atoms. The minimum Gasteiger partial charge on any atom is -0.355 e. The Labute approximate surface area is 174 Å². The molecule has 1 saturated heterocycles. The first-order valence-electron chi connectivity index (χ1n) is 9.62. The molecule has 1 aromatic heterocycles. The summed E-state index contributed by atoms with van der Waals surface area (Å²) in [5.74, 6) is 0.928. The summed E-state index contributed by atoms with van der Waals surface area (Å²) in [7, 11) is 0. The smallest absolute Gasteiger partial charge is 0.323 e. The second kappa shape index (κ2) is 8.49. The topological polar surface area (TPSA) is 70.2 Å². The highest BCUT2D eigenvalue weighted by Gasteiger charge is 2.14. The van der Waals surface area contributed by atoms with Crippen LogP contribution < -0.4 is 15.5 Å². The molecule has 3 aromatic rings. The molecular weight excluding hydrogens is 386 g/mol. The number of anilines is 3. The van der Waals surface area contributed by atoms with Crippen LogP contribution in [0.3, 0.4) is 0 Å². The van der Waals surface area contributed by atoms with E-state index >= 15 is 0 Å². The van der Waals surface area contributed by atoms with E-state index in [-0.39, 0.29) is 6.03 Å². The highest BCUT2D eigenvalue weighted by molar-refractivity contribution is 6.31. The van der Waals surface area contributed by atoms with Crippen molar-refractivity contribution in [2.45, 2.75) is 19.8 Å². The molecule has 0 saturated carbocycles. The normalized spacial score (nSPS) is 13.4. The Morgan fingerprint density at radius 3 is 2.41 bits per heavy atom. The van der Waals surface area contributed by atoms with Crippen LogP contribution in [0.5, 0.6) is 0 Å². The molecular formula is C22H22ClN5O. The van der Waals surface area contributed by atoms with Gasteiger partial charge in [0.2, 0.25) is 0 Å². The number of carbonyl (C=O) groups is 1. The Bertz CT molecular complexity index is 999. The SMILES string of the molecule is Cc1c(Cl)cccc1NC(=O)Nc1ccc(-c2ccc(N3CCCC3)nn2)cc1. The van der Waals surface area contributed by atoms with Crippen molar-refractivity contribution < 1.29 is 4.79 Å². The molecule has 1 aliphatic heterocycles. The van der Waals surface area contributed by atoms with Crippen molar-refractivity contribution in [3.63, 3.8) is 0 Å². The number of hydrogen-bond donors (Lipinski definition) is 2. The molecule has 0 radical (unpaired) electrons. The quantitative estimate of drug-likeness (QED) is 0.611. The van der Waals surface area contributed by atoms with Crippen LogP contribution in [0.2, 0.25) is 5.02 Å². The summed E-state index contributed by atoms with van der Waals surface area (Å²) in [5.41, 5.74) is 3.95. The molecule has 4 rings (SSSR count). The zero-order valence-electron chi connectivity index (χ0n) is 16.2. The van der Waals surface area contributed by atoms with Gasteiger partial charge in [0, 0.05) is 35.1 Å². The number of carbonyl (C=O) groups excluding carboxylic acids is 1. The Morgan fingerprint density at radius 1 is 0.966 bits per heavy atom. The number of amides is 2. The van der Waals surface area contributed by atoms with E-state index in [4.69, 9.17) is 11.6 Å². The van der Waals surface area contributed by atoms with Gasteiger partial charge in [0.1, 0.15) is 0 Å². The number of urea groups is 1. The van der Waals surface area contributed by atoms with Crippen LogP contribution >= 0.6 is 11.6 Å². The summed E-state index contributed by atoms with van der Waals surface area (Å²) in [6.07, 6.45) is 2.42. The van der Waals surface area contributed by atoms with Crippen LogP contribution in [0.4, 0.5) is 22.0 Å². The largest absolute Gasteiger partial charge is 0.355 e. The maximum Gasteiger partial charge on any atom is 0.323 e. The first-order valence-corrected chi connectivity index (χ1v) is 10.0. The van der Waals surface area contributed by atoms with E-state index in [9.17, 15) is 4.79 Å². The van der Waals surface area contributed by atoms with E-state index in [0.29, 0.717) is 16.4 Å². The third-order valence-corrected chi connectivity index (χ3v) is 5.44. The van der Waals surface area contributed by atoms with E-state index in [2.05, 4.69) is 25.7 Å². The third kappa shape index (κ3) is 4.49. The zero-order valence-corrected chi connectivity index (χ0v) is 16.9. The second-order valence-corrected chi connectivity index (χ2v) is 7.45. The van der Waals surface area contributed by atoms with E-state index in [1.165, 1.54) is 12.8 Å². The van der Waals surface area contributed by atoms with Crippen molar-refractivity contribution in [3.05, 3.63) is 65.2 Å². The van der Waals surface area contributed by atoms with Crippen molar-refractivity contribution in [2.24, 2.45) is 0 Å². The Morgan fingerprint density at radius 2 is 1.72 bits per heavy atom. The Hall–Kier alpha value is -3.12. The number of hydrogen-bond acceptors (Lipinski definition) is 4. The average Bonchev–Trinajstić information content (AvgIpc) is 3.27. The van der Waals surface area contributed by atoms with Gasteiger partial charge in [-0.15, -0.1) is 10.2 Å². The van der Waals surface area contributed by atoms with Crippen LogP contribution in [-0.2, 0) is 0 Å². The van der Waals surface area contributed by atoms with E-state index < -0.39 is 0 Å². The third-order valence-electron chi connectivity index (χ3n) is 5.03. The Balaban J connectivity index is 1.39. The van der Waals surface area contributed by atoms with Gasteiger partial charge in [-0.2, -0.15) is 0 Å². The van der Waals surface area contributed by atoms with Crippen LogP contribution in [0, 0.1) is 6.92 Å². The molecule has 2 amide bonds. The van der Waals surface area contributed by atoms with Crippen LogP contribution in [-0.4, -0.2) is 29.3 Å². The van der Waals surface area contributed by atoms with E-state index in [1.54, 1.807) is 12.1 Å².